The summed E-state index contributed by atoms with van der Waals surface area (Å²) in [4.78, 5) is 23.8. The predicted molar refractivity (Wildman–Crippen MR) is 66.6 cm³/mol. The van der Waals surface area contributed by atoms with Gasteiger partial charge in [-0.2, -0.15) is 0 Å². The van der Waals surface area contributed by atoms with Crippen LogP contribution in [0.25, 0.3) is 0 Å². The number of para-hydroxylation sites is 1. The number of aliphatic hydroxyl groups is 1. The average Bonchev–Trinajstić information content (AvgIpc) is 2.35. The average molecular weight is 252 g/mol. The summed E-state index contributed by atoms with van der Waals surface area (Å²) in [5.41, 5.74) is 1.57. The third kappa shape index (κ3) is 3.21. The lowest BCUT2D eigenvalue weighted by Crippen LogP contribution is -2.48. The molecule has 6 nitrogen and oxygen atoms in total. The van der Waals surface area contributed by atoms with Crippen molar-refractivity contribution >= 4 is 17.7 Å². The van der Waals surface area contributed by atoms with E-state index in [1.165, 1.54) is 11.9 Å². The second-order valence-corrected chi connectivity index (χ2v) is 3.87. The van der Waals surface area contributed by atoms with Crippen LogP contribution in [0.4, 0.5) is 10.5 Å². The molecular weight excluding hydrogens is 236 g/mol. The number of rotatable bonds is 4. The number of carboxylic acid groups (broad SMARTS) is 1. The first-order valence-electron chi connectivity index (χ1n) is 5.41. The van der Waals surface area contributed by atoms with Gasteiger partial charge in [0.2, 0.25) is 0 Å². The van der Waals surface area contributed by atoms with E-state index in [-0.39, 0.29) is 0 Å². The number of anilines is 1. The number of nitrogens with zero attached hydrogens (tertiary/aromatic N) is 1. The summed E-state index contributed by atoms with van der Waals surface area (Å²) in [7, 11) is 1.54. The van der Waals surface area contributed by atoms with E-state index in [4.69, 9.17) is 10.2 Å². The van der Waals surface area contributed by atoms with Crippen LogP contribution in [0, 0.1) is 6.92 Å². The maximum absolute atomic E-state index is 11.8. The van der Waals surface area contributed by atoms with Gasteiger partial charge in [0.1, 0.15) is 0 Å². The molecule has 0 bridgehead atoms. The first kappa shape index (κ1) is 14.0. The summed E-state index contributed by atoms with van der Waals surface area (Å²) in [6.07, 6.45) is 0. The Hall–Kier alpha value is -2.08. The zero-order chi connectivity index (χ0) is 13.7. The number of carboxylic acids is 1. The zero-order valence-corrected chi connectivity index (χ0v) is 10.3. The maximum atomic E-state index is 11.8. The molecule has 1 atom stereocenters. The molecule has 0 unspecified atom stereocenters. The van der Waals surface area contributed by atoms with Crippen LogP contribution in [0.3, 0.4) is 0 Å². The van der Waals surface area contributed by atoms with Crippen molar-refractivity contribution in [2.75, 3.05) is 18.6 Å². The Morgan fingerprint density at radius 3 is 2.50 bits per heavy atom. The van der Waals surface area contributed by atoms with Gasteiger partial charge in [-0.1, -0.05) is 18.2 Å². The highest BCUT2D eigenvalue weighted by Crippen LogP contribution is 2.17. The molecular formula is C12H16N2O4. The molecule has 3 N–H and O–H groups in total. The number of carbonyl (C=O) groups is 2. The van der Waals surface area contributed by atoms with E-state index in [0.717, 1.165) is 5.56 Å². The molecule has 0 aliphatic rings. The van der Waals surface area contributed by atoms with Crippen LogP contribution in [0.2, 0.25) is 0 Å². The fraction of sp³-hybridized carbons (Fsp3) is 0.333. The standard InChI is InChI=1S/C12H16N2O4/c1-8-5-3-4-6-10(8)14(2)12(18)13-9(7-15)11(16)17/h3-6,9,15H,7H2,1-2H3,(H,13,18)(H,16,17)/t9-/m0/s1. The van der Waals surface area contributed by atoms with Crippen molar-refractivity contribution in [1.29, 1.82) is 0 Å². The number of hydrogen-bond acceptors (Lipinski definition) is 3. The molecule has 1 aromatic rings. The van der Waals surface area contributed by atoms with Crippen LogP contribution < -0.4 is 10.2 Å². The first-order chi connectivity index (χ1) is 8.47. The Bertz CT molecular complexity index is 447. The lowest BCUT2D eigenvalue weighted by Gasteiger charge is -2.22. The van der Waals surface area contributed by atoms with Crippen molar-refractivity contribution in [3.05, 3.63) is 29.8 Å². The van der Waals surface area contributed by atoms with Crippen LogP contribution in [0.5, 0.6) is 0 Å². The number of aliphatic carboxylic acids is 1. The van der Waals surface area contributed by atoms with Crippen molar-refractivity contribution in [2.45, 2.75) is 13.0 Å². The van der Waals surface area contributed by atoms with Crippen molar-refractivity contribution in [3.63, 3.8) is 0 Å². The SMILES string of the molecule is Cc1ccccc1N(C)C(=O)N[C@@H](CO)C(=O)O. The van der Waals surface area contributed by atoms with Gasteiger partial charge < -0.3 is 15.5 Å². The van der Waals surface area contributed by atoms with Crippen molar-refractivity contribution in [3.8, 4) is 0 Å². The van der Waals surface area contributed by atoms with Crippen LogP contribution >= 0.6 is 0 Å². The molecule has 1 aromatic carbocycles. The van der Waals surface area contributed by atoms with Crippen molar-refractivity contribution < 1.29 is 19.8 Å². The number of benzene rings is 1. The minimum absolute atomic E-state index is 0.578. The van der Waals surface area contributed by atoms with E-state index >= 15 is 0 Å². The van der Waals surface area contributed by atoms with Gasteiger partial charge in [-0.15, -0.1) is 0 Å². The third-order valence-corrected chi connectivity index (χ3v) is 2.56. The minimum atomic E-state index is -1.30. The molecule has 0 aromatic heterocycles. The summed E-state index contributed by atoms with van der Waals surface area (Å²) in [6, 6.07) is 5.35. The lowest BCUT2D eigenvalue weighted by atomic mass is 10.2. The number of carbonyl (C=O) groups excluding carboxylic acids is 1. The Morgan fingerprint density at radius 1 is 1.39 bits per heavy atom. The number of aryl methyl sites for hydroxylation is 1. The second-order valence-electron chi connectivity index (χ2n) is 3.87. The van der Waals surface area contributed by atoms with Crippen LogP contribution in [0.15, 0.2) is 24.3 Å². The van der Waals surface area contributed by atoms with E-state index in [2.05, 4.69) is 5.32 Å². The van der Waals surface area contributed by atoms with Gasteiger partial charge in [0.15, 0.2) is 6.04 Å². The highest BCUT2D eigenvalue weighted by Gasteiger charge is 2.21. The molecule has 0 spiro atoms. The fourth-order valence-electron chi connectivity index (χ4n) is 1.48. The van der Waals surface area contributed by atoms with E-state index in [1.54, 1.807) is 12.1 Å². The molecule has 98 valence electrons. The van der Waals surface area contributed by atoms with E-state index in [0.29, 0.717) is 5.69 Å². The minimum Gasteiger partial charge on any atom is -0.480 e. The Balaban J connectivity index is 2.79. The third-order valence-electron chi connectivity index (χ3n) is 2.56. The Labute approximate surface area is 105 Å². The summed E-state index contributed by atoms with van der Waals surface area (Å²) in [5, 5.41) is 19.8. The smallest absolute Gasteiger partial charge is 0.328 e. The molecule has 0 saturated carbocycles. The fourth-order valence-corrected chi connectivity index (χ4v) is 1.48. The van der Waals surface area contributed by atoms with Gasteiger partial charge in [0.25, 0.3) is 0 Å². The monoisotopic (exact) mass is 252 g/mol. The summed E-state index contributed by atoms with van der Waals surface area (Å²) in [6.45, 7) is 1.20. The summed E-state index contributed by atoms with van der Waals surface area (Å²) in [5.74, 6) is -1.27. The van der Waals surface area contributed by atoms with Crippen LogP contribution in [-0.2, 0) is 4.79 Å². The molecule has 0 aliphatic heterocycles. The van der Waals surface area contributed by atoms with Crippen LogP contribution in [0.1, 0.15) is 5.56 Å². The first-order valence-corrected chi connectivity index (χ1v) is 5.41. The molecule has 0 fully saturated rings. The highest BCUT2D eigenvalue weighted by molar-refractivity contribution is 5.94. The molecule has 2 amide bonds. The molecule has 0 saturated heterocycles. The maximum Gasteiger partial charge on any atom is 0.328 e. The van der Waals surface area contributed by atoms with Gasteiger partial charge in [-0.3, -0.25) is 4.90 Å². The van der Waals surface area contributed by atoms with Gasteiger partial charge >= 0.3 is 12.0 Å². The molecule has 6 heteroatoms. The quantitative estimate of drug-likeness (QED) is 0.731. The molecule has 0 radical (unpaired) electrons. The van der Waals surface area contributed by atoms with E-state index < -0.39 is 24.6 Å². The Morgan fingerprint density at radius 2 is 2.00 bits per heavy atom. The number of hydrogen-bond donors (Lipinski definition) is 3. The number of nitrogens with one attached hydrogen (secondary N) is 1. The number of aliphatic hydroxyl groups excluding tert-OH is 1. The van der Waals surface area contributed by atoms with E-state index in [9.17, 15) is 9.59 Å². The van der Waals surface area contributed by atoms with Crippen molar-refractivity contribution in [1.82, 2.24) is 5.32 Å². The molecule has 18 heavy (non-hydrogen) atoms. The molecule has 0 heterocycles. The largest absolute Gasteiger partial charge is 0.480 e. The normalized spacial score (nSPS) is 11.7. The number of urea groups is 1. The molecule has 1 rings (SSSR count). The van der Waals surface area contributed by atoms with E-state index in [1.807, 2.05) is 19.1 Å². The predicted octanol–water partition coefficient (Wildman–Crippen LogP) is 0.586. The zero-order valence-electron chi connectivity index (χ0n) is 10.3. The van der Waals surface area contributed by atoms with Gasteiger partial charge in [0, 0.05) is 12.7 Å². The van der Waals surface area contributed by atoms with Gasteiger partial charge in [0.05, 0.1) is 6.61 Å². The number of amides is 2. The summed E-state index contributed by atoms with van der Waals surface area (Å²) < 4.78 is 0. The van der Waals surface area contributed by atoms with Gasteiger partial charge in [-0.05, 0) is 18.6 Å². The highest BCUT2D eigenvalue weighted by atomic mass is 16.4. The Kier molecular flexibility index (Phi) is 4.67. The van der Waals surface area contributed by atoms with Crippen LogP contribution in [-0.4, -0.2) is 41.9 Å². The topological polar surface area (TPSA) is 89.9 Å². The summed E-state index contributed by atoms with van der Waals surface area (Å²) >= 11 is 0. The second kappa shape index (κ2) is 6.02. The molecule has 0 aliphatic carbocycles. The van der Waals surface area contributed by atoms with Crippen molar-refractivity contribution in [2.24, 2.45) is 0 Å². The lowest BCUT2D eigenvalue weighted by molar-refractivity contribution is -0.140. The van der Waals surface area contributed by atoms with Gasteiger partial charge in [-0.25, -0.2) is 9.59 Å².